The molecule has 5 heteroatoms. The lowest BCUT2D eigenvalue weighted by atomic mass is 10.2. The van der Waals surface area contributed by atoms with Gasteiger partial charge in [0.05, 0.1) is 17.4 Å². The first-order chi connectivity index (χ1) is 8.20. The van der Waals surface area contributed by atoms with E-state index in [4.69, 9.17) is 5.73 Å². The molecule has 0 radical (unpaired) electrons. The van der Waals surface area contributed by atoms with Crippen molar-refractivity contribution in [3.8, 4) is 0 Å². The number of nitrogens with one attached hydrogen (secondary N) is 1. The van der Waals surface area contributed by atoms with E-state index in [9.17, 15) is 4.79 Å². The van der Waals surface area contributed by atoms with Crippen LogP contribution >= 0.6 is 0 Å². The Morgan fingerprint density at radius 2 is 2.18 bits per heavy atom. The normalized spacial score (nSPS) is 11.2. The second-order valence-corrected chi connectivity index (χ2v) is 4.06. The molecule has 0 bridgehead atoms. The first kappa shape index (κ1) is 11.8. The molecule has 1 aromatic carbocycles. The Morgan fingerprint density at radius 1 is 1.41 bits per heavy atom. The Morgan fingerprint density at radius 3 is 2.94 bits per heavy atom. The van der Waals surface area contributed by atoms with Crippen LogP contribution in [0.2, 0.25) is 0 Å². The van der Waals surface area contributed by atoms with Crippen molar-refractivity contribution < 1.29 is 0 Å². The van der Waals surface area contributed by atoms with Gasteiger partial charge in [0.15, 0.2) is 0 Å². The van der Waals surface area contributed by atoms with Crippen LogP contribution in [0.25, 0.3) is 10.9 Å². The van der Waals surface area contributed by atoms with E-state index in [1.165, 1.54) is 0 Å². The number of aromatic amines is 1. The number of likely N-dealkylation sites (N-methyl/N-ethyl adjacent to an activating group) is 1. The fraction of sp³-hybridized carbons (Fsp3) is 0.333. The number of hydrogen-bond donors (Lipinski definition) is 2. The van der Waals surface area contributed by atoms with E-state index in [2.05, 4.69) is 9.97 Å². The summed E-state index contributed by atoms with van der Waals surface area (Å²) in [6, 6.07) is 7.33. The summed E-state index contributed by atoms with van der Waals surface area (Å²) in [7, 11) is 1.95. The number of nitrogens with two attached hydrogens (primary N) is 1. The molecule has 0 amide bonds. The number of nitrogens with zero attached hydrogens (tertiary/aromatic N) is 2. The van der Waals surface area contributed by atoms with Gasteiger partial charge in [-0.2, -0.15) is 0 Å². The minimum Gasteiger partial charge on any atom is -0.329 e. The molecule has 0 unspecified atom stereocenters. The summed E-state index contributed by atoms with van der Waals surface area (Å²) in [5, 5.41) is 0.623. The average Bonchev–Trinajstić information content (AvgIpc) is 2.29. The summed E-state index contributed by atoms with van der Waals surface area (Å²) in [6.45, 7) is 1.96. The van der Waals surface area contributed by atoms with Crippen molar-refractivity contribution in [1.82, 2.24) is 14.9 Å². The fourth-order valence-electron chi connectivity index (χ4n) is 1.76. The molecule has 0 aliphatic rings. The minimum atomic E-state index is -0.0910. The lowest BCUT2D eigenvalue weighted by Gasteiger charge is -2.14. The Labute approximate surface area is 99.3 Å². The van der Waals surface area contributed by atoms with Crippen LogP contribution in [0.5, 0.6) is 0 Å². The van der Waals surface area contributed by atoms with Gasteiger partial charge in [-0.25, -0.2) is 4.98 Å². The molecule has 1 aromatic heterocycles. The molecule has 1 heterocycles. The SMILES string of the molecule is CN(CCN)Cc1nc2ccccc2c(=O)[nH]1. The minimum absolute atomic E-state index is 0.0910. The van der Waals surface area contributed by atoms with Gasteiger partial charge in [0.25, 0.3) is 5.56 Å². The quantitative estimate of drug-likeness (QED) is 0.795. The van der Waals surface area contributed by atoms with Gasteiger partial charge in [-0.1, -0.05) is 12.1 Å². The number of fused-ring (bicyclic) bond motifs is 1. The van der Waals surface area contributed by atoms with E-state index < -0.39 is 0 Å². The zero-order valence-corrected chi connectivity index (χ0v) is 9.81. The highest BCUT2D eigenvalue weighted by atomic mass is 16.1. The van der Waals surface area contributed by atoms with Crippen molar-refractivity contribution in [2.45, 2.75) is 6.54 Å². The Kier molecular flexibility index (Phi) is 3.51. The number of aromatic nitrogens is 2. The molecule has 0 saturated heterocycles. The molecule has 0 saturated carbocycles. The third kappa shape index (κ3) is 2.69. The predicted molar refractivity (Wildman–Crippen MR) is 67.8 cm³/mol. The smallest absolute Gasteiger partial charge is 0.258 e. The molecule has 0 spiro atoms. The monoisotopic (exact) mass is 232 g/mol. The van der Waals surface area contributed by atoms with Crippen molar-refractivity contribution in [3.05, 3.63) is 40.4 Å². The highest BCUT2D eigenvalue weighted by molar-refractivity contribution is 5.77. The second-order valence-electron chi connectivity index (χ2n) is 4.06. The van der Waals surface area contributed by atoms with Crippen LogP contribution in [0.15, 0.2) is 29.1 Å². The van der Waals surface area contributed by atoms with Gasteiger partial charge >= 0.3 is 0 Å². The average molecular weight is 232 g/mol. The molecule has 5 nitrogen and oxygen atoms in total. The zero-order chi connectivity index (χ0) is 12.3. The number of para-hydroxylation sites is 1. The molecule has 0 aliphatic heterocycles. The lowest BCUT2D eigenvalue weighted by molar-refractivity contribution is 0.327. The molecular formula is C12H16N4O. The molecule has 0 aliphatic carbocycles. The number of benzene rings is 1. The van der Waals surface area contributed by atoms with E-state index in [-0.39, 0.29) is 5.56 Å². The van der Waals surface area contributed by atoms with Gasteiger partial charge in [-0.3, -0.25) is 9.69 Å². The van der Waals surface area contributed by atoms with Crippen LogP contribution in [0.1, 0.15) is 5.82 Å². The largest absolute Gasteiger partial charge is 0.329 e. The van der Waals surface area contributed by atoms with Gasteiger partial charge in [-0.05, 0) is 19.2 Å². The Balaban J connectivity index is 2.33. The van der Waals surface area contributed by atoms with Crippen molar-refractivity contribution in [1.29, 1.82) is 0 Å². The van der Waals surface area contributed by atoms with Crippen LogP contribution in [0.3, 0.4) is 0 Å². The second kappa shape index (κ2) is 5.07. The lowest BCUT2D eigenvalue weighted by Crippen LogP contribution is -2.27. The third-order valence-electron chi connectivity index (χ3n) is 2.59. The van der Waals surface area contributed by atoms with Crippen LogP contribution in [0.4, 0.5) is 0 Å². The molecule has 0 fully saturated rings. The Hall–Kier alpha value is -1.72. The van der Waals surface area contributed by atoms with Crippen LogP contribution < -0.4 is 11.3 Å². The molecule has 2 rings (SSSR count). The van der Waals surface area contributed by atoms with E-state index in [1.807, 2.05) is 30.1 Å². The maximum atomic E-state index is 11.8. The van der Waals surface area contributed by atoms with Crippen LogP contribution in [0, 0.1) is 0 Å². The summed E-state index contributed by atoms with van der Waals surface area (Å²) in [5.74, 6) is 0.671. The number of H-pyrrole nitrogens is 1. The van der Waals surface area contributed by atoms with Crippen molar-refractivity contribution in [3.63, 3.8) is 0 Å². The zero-order valence-electron chi connectivity index (χ0n) is 9.81. The van der Waals surface area contributed by atoms with Crippen molar-refractivity contribution in [2.75, 3.05) is 20.1 Å². The first-order valence-electron chi connectivity index (χ1n) is 5.57. The van der Waals surface area contributed by atoms with Crippen molar-refractivity contribution in [2.24, 2.45) is 5.73 Å². The van der Waals surface area contributed by atoms with Gasteiger partial charge in [0.1, 0.15) is 5.82 Å². The first-order valence-corrected chi connectivity index (χ1v) is 5.57. The van der Waals surface area contributed by atoms with E-state index in [0.29, 0.717) is 24.3 Å². The maximum absolute atomic E-state index is 11.8. The molecule has 2 aromatic rings. The summed E-state index contributed by atoms with van der Waals surface area (Å²) < 4.78 is 0. The summed E-state index contributed by atoms with van der Waals surface area (Å²) in [4.78, 5) is 21.0. The third-order valence-corrected chi connectivity index (χ3v) is 2.59. The summed E-state index contributed by atoms with van der Waals surface area (Å²) in [5.41, 5.74) is 6.11. The predicted octanol–water partition coefficient (Wildman–Crippen LogP) is 0.314. The van der Waals surface area contributed by atoms with E-state index in [1.54, 1.807) is 6.07 Å². The summed E-state index contributed by atoms with van der Waals surface area (Å²) in [6.07, 6.45) is 0. The van der Waals surface area contributed by atoms with Gasteiger partial charge in [0.2, 0.25) is 0 Å². The summed E-state index contributed by atoms with van der Waals surface area (Å²) >= 11 is 0. The van der Waals surface area contributed by atoms with E-state index >= 15 is 0 Å². The van der Waals surface area contributed by atoms with Crippen LogP contribution in [-0.4, -0.2) is 35.0 Å². The van der Waals surface area contributed by atoms with E-state index in [0.717, 1.165) is 12.1 Å². The fourth-order valence-corrected chi connectivity index (χ4v) is 1.76. The van der Waals surface area contributed by atoms with Crippen LogP contribution in [-0.2, 0) is 6.54 Å². The van der Waals surface area contributed by atoms with Gasteiger partial charge in [-0.15, -0.1) is 0 Å². The highest BCUT2D eigenvalue weighted by Gasteiger charge is 2.05. The molecular weight excluding hydrogens is 216 g/mol. The van der Waals surface area contributed by atoms with Gasteiger partial charge < -0.3 is 10.7 Å². The number of hydrogen-bond acceptors (Lipinski definition) is 4. The number of rotatable bonds is 4. The topological polar surface area (TPSA) is 75.0 Å². The Bertz CT molecular complexity index is 564. The van der Waals surface area contributed by atoms with Crippen molar-refractivity contribution >= 4 is 10.9 Å². The maximum Gasteiger partial charge on any atom is 0.258 e. The molecule has 17 heavy (non-hydrogen) atoms. The molecule has 90 valence electrons. The molecule has 0 atom stereocenters. The molecule has 3 N–H and O–H groups in total. The standard InChI is InChI=1S/C12H16N4O/c1-16(7-6-13)8-11-14-10-5-3-2-4-9(10)12(17)15-11/h2-5H,6-8,13H2,1H3,(H,14,15,17). The van der Waals surface area contributed by atoms with Gasteiger partial charge in [0, 0.05) is 13.1 Å². The highest BCUT2D eigenvalue weighted by Crippen LogP contribution is 2.06.